The molecule has 4 rings (SSSR count). The highest BCUT2D eigenvalue weighted by Gasteiger charge is 2.32. The minimum absolute atomic E-state index is 0.119. The fourth-order valence-corrected chi connectivity index (χ4v) is 3.48. The van der Waals surface area contributed by atoms with E-state index in [0.29, 0.717) is 29.2 Å². The molecule has 0 spiro atoms. The normalized spacial score (nSPS) is 18.7. The first-order valence-corrected chi connectivity index (χ1v) is 8.85. The minimum atomic E-state index is -0.649. The van der Waals surface area contributed by atoms with Crippen LogP contribution in [-0.4, -0.2) is 38.5 Å². The third kappa shape index (κ3) is 3.19. The zero-order valence-electron chi connectivity index (χ0n) is 15.5. The van der Waals surface area contributed by atoms with Crippen molar-refractivity contribution < 1.29 is 14.2 Å². The number of pyridine rings is 1. The van der Waals surface area contributed by atoms with Crippen molar-refractivity contribution >= 4 is 16.6 Å². The predicted octanol–water partition coefficient (Wildman–Crippen LogP) is 3.82. The lowest BCUT2D eigenvalue weighted by molar-refractivity contribution is 0.0363. The van der Waals surface area contributed by atoms with Crippen LogP contribution in [0.1, 0.15) is 25.8 Å². The molecule has 1 aromatic carbocycles. The number of benzene rings is 1. The van der Waals surface area contributed by atoms with Crippen LogP contribution in [0.15, 0.2) is 30.6 Å². The highest BCUT2D eigenvalue weighted by molar-refractivity contribution is 6.00. The number of ether oxygens (including phenoxy) is 1. The van der Waals surface area contributed by atoms with E-state index in [0.717, 1.165) is 17.2 Å². The molecule has 3 aromatic rings. The second-order valence-electron chi connectivity index (χ2n) is 7.53. The van der Waals surface area contributed by atoms with E-state index in [1.165, 1.54) is 0 Å². The van der Waals surface area contributed by atoms with Crippen LogP contribution in [0.2, 0.25) is 0 Å². The summed E-state index contributed by atoms with van der Waals surface area (Å²) >= 11 is 0. The van der Waals surface area contributed by atoms with Gasteiger partial charge in [-0.2, -0.15) is 0 Å². The molecule has 0 amide bonds. The molecular formula is C20H21FN4O2. The van der Waals surface area contributed by atoms with Gasteiger partial charge in [-0.05, 0) is 44.9 Å². The van der Waals surface area contributed by atoms with Crippen molar-refractivity contribution in [1.29, 1.82) is 0 Å². The smallest absolute Gasteiger partial charge is 0.168 e. The highest BCUT2D eigenvalue weighted by atomic mass is 19.1. The average molecular weight is 368 g/mol. The summed E-state index contributed by atoms with van der Waals surface area (Å²) < 4.78 is 19.9. The quantitative estimate of drug-likeness (QED) is 0.731. The number of phenolic OH excluding ortho intramolecular Hbond substituents is 1. The highest BCUT2D eigenvalue weighted by Crippen LogP contribution is 2.37. The number of aryl methyl sites for hydroxylation is 1. The zero-order chi connectivity index (χ0) is 19.2. The molecule has 27 heavy (non-hydrogen) atoms. The van der Waals surface area contributed by atoms with Crippen LogP contribution >= 0.6 is 0 Å². The van der Waals surface area contributed by atoms with E-state index in [2.05, 4.69) is 34.3 Å². The molecular weight excluding hydrogens is 347 g/mol. The van der Waals surface area contributed by atoms with Crippen molar-refractivity contribution in [3.63, 3.8) is 0 Å². The summed E-state index contributed by atoms with van der Waals surface area (Å²) in [5.41, 5.74) is 0.915. The van der Waals surface area contributed by atoms with Gasteiger partial charge in [0.25, 0.3) is 0 Å². The Hall–Kier alpha value is -2.80. The van der Waals surface area contributed by atoms with E-state index < -0.39 is 11.6 Å². The van der Waals surface area contributed by atoms with Crippen molar-refractivity contribution in [2.45, 2.75) is 38.8 Å². The molecule has 1 atom stereocenters. The third-order valence-electron chi connectivity index (χ3n) is 4.90. The Balaban J connectivity index is 1.79. The van der Waals surface area contributed by atoms with Crippen molar-refractivity contribution in [3.05, 3.63) is 42.0 Å². The Kier molecular flexibility index (Phi) is 4.19. The van der Waals surface area contributed by atoms with Crippen LogP contribution in [0, 0.1) is 12.7 Å². The second kappa shape index (κ2) is 6.42. The predicted molar refractivity (Wildman–Crippen MR) is 101 cm³/mol. The summed E-state index contributed by atoms with van der Waals surface area (Å²) in [4.78, 5) is 4.19. The first-order chi connectivity index (χ1) is 12.9. The third-order valence-corrected chi connectivity index (χ3v) is 4.90. The molecule has 1 fully saturated rings. The standard InChI is InChI=1S/C20H21FN4O2/c1-11-4-5-14(18(26)16(11)21)17-13-6-7-22-9-15(13)19(25-24-17)23-12-8-20(2,3)27-10-12/h4-7,9,12,26H,8,10H2,1-3H3,(H,23,25)/t12-/m0/s1. The maximum atomic E-state index is 14.2. The van der Waals surface area contributed by atoms with E-state index in [1.54, 1.807) is 37.5 Å². The fraction of sp³-hybridized carbons (Fsp3) is 0.350. The fourth-order valence-electron chi connectivity index (χ4n) is 3.48. The van der Waals surface area contributed by atoms with Gasteiger partial charge in [-0.1, -0.05) is 6.07 Å². The van der Waals surface area contributed by atoms with Crippen LogP contribution in [0.5, 0.6) is 5.75 Å². The lowest BCUT2D eigenvalue weighted by atomic mass is 10.0. The number of nitrogens with zero attached hydrogens (tertiary/aromatic N) is 3. The summed E-state index contributed by atoms with van der Waals surface area (Å²) in [5.74, 6) is -0.474. The Morgan fingerprint density at radius 1 is 1.22 bits per heavy atom. The second-order valence-corrected chi connectivity index (χ2v) is 7.53. The molecule has 140 valence electrons. The molecule has 1 aliphatic heterocycles. The topological polar surface area (TPSA) is 80.2 Å². The first-order valence-electron chi connectivity index (χ1n) is 8.85. The number of fused-ring (bicyclic) bond motifs is 1. The van der Waals surface area contributed by atoms with Crippen molar-refractivity contribution in [2.24, 2.45) is 0 Å². The molecule has 0 aliphatic carbocycles. The largest absolute Gasteiger partial charge is 0.504 e. The van der Waals surface area contributed by atoms with Gasteiger partial charge in [-0.3, -0.25) is 4.98 Å². The Morgan fingerprint density at radius 2 is 2.04 bits per heavy atom. The van der Waals surface area contributed by atoms with E-state index in [-0.39, 0.29) is 11.6 Å². The summed E-state index contributed by atoms with van der Waals surface area (Å²) in [7, 11) is 0. The van der Waals surface area contributed by atoms with Crippen LogP contribution < -0.4 is 5.32 Å². The van der Waals surface area contributed by atoms with Gasteiger partial charge >= 0.3 is 0 Å². The number of halogens is 1. The lowest BCUT2D eigenvalue weighted by Crippen LogP contribution is -2.23. The first kappa shape index (κ1) is 17.6. The number of rotatable bonds is 3. The van der Waals surface area contributed by atoms with E-state index in [9.17, 15) is 9.50 Å². The molecule has 1 aliphatic rings. The van der Waals surface area contributed by atoms with Crippen LogP contribution in [0.3, 0.4) is 0 Å². The van der Waals surface area contributed by atoms with Crippen molar-refractivity contribution in [1.82, 2.24) is 15.2 Å². The number of phenols is 1. The molecule has 0 saturated carbocycles. The molecule has 1 saturated heterocycles. The Bertz CT molecular complexity index is 1020. The SMILES string of the molecule is Cc1ccc(-c2nnc(N[C@@H]3COC(C)(C)C3)c3cnccc23)c(O)c1F. The van der Waals surface area contributed by atoms with Gasteiger partial charge in [0, 0.05) is 28.7 Å². The van der Waals surface area contributed by atoms with E-state index >= 15 is 0 Å². The number of nitrogens with one attached hydrogen (secondary N) is 1. The molecule has 2 N–H and O–H groups in total. The number of hydrogen-bond donors (Lipinski definition) is 2. The molecule has 0 unspecified atom stereocenters. The molecule has 2 aromatic heterocycles. The summed E-state index contributed by atoms with van der Waals surface area (Å²) in [6.45, 7) is 6.29. The zero-order valence-corrected chi connectivity index (χ0v) is 15.5. The van der Waals surface area contributed by atoms with Crippen LogP contribution in [0.25, 0.3) is 22.0 Å². The van der Waals surface area contributed by atoms with Gasteiger partial charge in [-0.15, -0.1) is 10.2 Å². The van der Waals surface area contributed by atoms with Gasteiger partial charge in [0.2, 0.25) is 0 Å². The summed E-state index contributed by atoms with van der Waals surface area (Å²) in [6, 6.07) is 5.17. The Morgan fingerprint density at radius 3 is 2.78 bits per heavy atom. The van der Waals surface area contributed by atoms with Crippen molar-refractivity contribution in [2.75, 3.05) is 11.9 Å². The van der Waals surface area contributed by atoms with Gasteiger partial charge in [-0.25, -0.2) is 4.39 Å². The maximum absolute atomic E-state index is 14.2. The molecule has 0 radical (unpaired) electrons. The molecule has 0 bridgehead atoms. The van der Waals surface area contributed by atoms with Gasteiger partial charge < -0.3 is 15.2 Å². The maximum Gasteiger partial charge on any atom is 0.168 e. The Labute approximate surface area is 156 Å². The summed E-state index contributed by atoms with van der Waals surface area (Å²) in [6.07, 6.45) is 4.18. The van der Waals surface area contributed by atoms with E-state index in [1.807, 2.05) is 0 Å². The minimum Gasteiger partial charge on any atom is -0.504 e. The summed E-state index contributed by atoms with van der Waals surface area (Å²) in [5, 5.41) is 23.7. The van der Waals surface area contributed by atoms with Gasteiger partial charge in [0.15, 0.2) is 17.4 Å². The number of aromatic hydroxyl groups is 1. The number of aromatic nitrogens is 3. The van der Waals surface area contributed by atoms with Gasteiger partial charge in [0.1, 0.15) is 5.69 Å². The van der Waals surface area contributed by atoms with Crippen LogP contribution in [0.4, 0.5) is 10.2 Å². The number of anilines is 1. The molecule has 6 nitrogen and oxygen atoms in total. The van der Waals surface area contributed by atoms with E-state index in [4.69, 9.17) is 4.74 Å². The monoisotopic (exact) mass is 368 g/mol. The average Bonchev–Trinajstić information content (AvgIpc) is 2.99. The molecule has 3 heterocycles. The van der Waals surface area contributed by atoms with Crippen LogP contribution in [-0.2, 0) is 4.74 Å². The van der Waals surface area contributed by atoms with Crippen molar-refractivity contribution in [3.8, 4) is 17.0 Å². The molecule has 7 heteroatoms. The van der Waals surface area contributed by atoms with Gasteiger partial charge in [0.05, 0.1) is 18.2 Å². The lowest BCUT2D eigenvalue weighted by Gasteiger charge is -2.17. The number of hydrogen-bond acceptors (Lipinski definition) is 6.